The first kappa shape index (κ1) is 17.4. The summed E-state index contributed by atoms with van der Waals surface area (Å²) in [6.45, 7) is 0.158. The van der Waals surface area contributed by atoms with Crippen molar-refractivity contribution in [2.24, 2.45) is 5.73 Å². The molecule has 0 aliphatic heterocycles. The van der Waals surface area contributed by atoms with Crippen molar-refractivity contribution in [3.8, 4) is 5.75 Å². The lowest BCUT2D eigenvalue weighted by molar-refractivity contribution is -0.146. The molecule has 1 aromatic carbocycles. The summed E-state index contributed by atoms with van der Waals surface area (Å²) in [6, 6.07) is 7.22. The van der Waals surface area contributed by atoms with Crippen LogP contribution in [0.15, 0.2) is 24.3 Å². The number of halogens is 1. The maximum Gasteiger partial charge on any atom is 0.306 e. The van der Waals surface area contributed by atoms with E-state index in [-0.39, 0.29) is 44.2 Å². The van der Waals surface area contributed by atoms with E-state index in [2.05, 4.69) is 0 Å². The molecule has 0 spiro atoms. The molecular formula is C13H18ClNO4. The van der Waals surface area contributed by atoms with E-state index in [0.717, 1.165) is 11.3 Å². The van der Waals surface area contributed by atoms with Crippen LogP contribution in [0, 0.1) is 0 Å². The molecule has 0 aromatic heterocycles. The van der Waals surface area contributed by atoms with Crippen LogP contribution in [0.3, 0.4) is 0 Å². The van der Waals surface area contributed by atoms with Gasteiger partial charge in [-0.1, -0.05) is 12.1 Å². The first-order valence-corrected chi connectivity index (χ1v) is 5.66. The van der Waals surface area contributed by atoms with Crippen LogP contribution >= 0.6 is 12.4 Å². The molecule has 0 saturated heterocycles. The second-order valence-electron chi connectivity index (χ2n) is 3.75. The standard InChI is InChI=1S/C13H17NO4.ClH/c1-17-12-5-2-10(3-6-12)9-18-13(16)7-4-11(15)8-14;/h2-3,5-6H,4,7-9,14H2,1H3;1H. The van der Waals surface area contributed by atoms with E-state index in [4.69, 9.17) is 15.2 Å². The third-order valence-corrected chi connectivity index (χ3v) is 2.39. The fraction of sp³-hybridized carbons (Fsp3) is 0.385. The third kappa shape index (κ3) is 6.79. The average molecular weight is 288 g/mol. The van der Waals surface area contributed by atoms with E-state index >= 15 is 0 Å². The number of carbonyl (C=O) groups excluding carboxylic acids is 2. The summed E-state index contributed by atoms with van der Waals surface area (Å²) in [5.41, 5.74) is 6.01. The van der Waals surface area contributed by atoms with E-state index < -0.39 is 5.97 Å². The number of benzene rings is 1. The van der Waals surface area contributed by atoms with Crippen molar-refractivity contribution in [1.82, 2.24) is 0 Å². The second kappa shape index (κ2) is 9.35. The van der Waals surface area contributed by atoms with Crippen molar-refractivity contribution in [1.29, 1.82) is 0 Å². The Labute approximate surface area is 118 Å². The van der Waals surface area contributed by atoms with Gasteiger partial charge in [0.25, 0.3) is 0 Å². The third-order valence-electron chi connectivity index (χ3n) is 2.39. The first-order valence-electron chi connectivity index (χ1n) is 5.66. The Hall–Kier alpha value is -1.59. The van der Waals surface area contributed by atoms with Gasteiger partial charge in [0.1, 0.15) is 18.1 Å². The molecule has 0 saturated carbocycles. The van der Waals surface area contributed by atoms with Gasteiger partial charge in [-0.05, 0) is 17.7 Å². The van der Waals surface area contributed by atoms with Gasteiger partial charge in [-0.3, -0.25) is 9.59 Å². The van der Waals surface area contributed by atoms with Gasteiger partial charge in [0, 0.05) is 6.42 Å². The zero-order valence-corrected chi connectivity index (χ0v) is 11.6. The lowest BCUT2D eigenvalue weighted by Crippen LogP contribution is -2.15. The molecule has 0 amide bonds. The van der Waals surface area contributed by atoms with Crippen LogP contribution in [0.1, 0.15) is 18.4 Å². The van der Waals surface area contributed by atoms with Crippen LogP contribution in [0.4, 0.5) is 0 Å². The molecule has 2 N–H and O–H groups in total. The molecule has 0 heterocycles. The molecular weight excluding hydrogens is 270 g/mol. The van der Waals surface area contributed by atoms with E-state index in [1.165, 1.54) is 0 Å². The molecule has 0 aliphatic rings. The second-order valence-corrected chi connectivity index (χ2v) is 3.75. The number of Topliss-reactive ketones (excluding diaryl/α,β-unsaturated/α-hetero) is 1. The molecule has 5 nitrogen and oxygen atoms in total. The van der Waals surface area contributed by atoms with Crippen LogP contribution in [0.2, 0.25) is 0 Å². The summed E-state index contributed by atoms with van der Waals surface area (Å²) in [6.07, 6.45) is 0.212. The monoisotopic (exact) mass is 287 g/mol. The van der Waals surface area contributed by atoms with E-state index in [1.54, 1.807) is 19.2 Å². The van der Waals surface area contributed by atoms with Crippen LogP contribution < -0.4 is 10.5 Å². The van der Waals surface area contributed by atoms with E-state index in [9.17, 15) is 9.59 Å². The molecule has 6 heteroatoms. The van der Waals surface area contributed by atoms with Crippen LogP contribution in [0.5, 0.6) is 5.75 Å². The van der Waals surface area contributed by atoms with Crippen LogP contribution in [-0.2, 0) is 20.9 Å². The number of esters is 1. The zero-order valence-electron chi connectivity index (χ0n) is 10.8. The molecule has 106 valence electrons. The van der Waals surface area contributed by atoms with Gasteiger partial charge in [0.15, 0.2) is 0 Å². The summed E-state index contributed by atoms with van der Waals surface area (Å²) in [5.74, 6) is 0.211. The van der Waals surface area contributed by atoms with Crippen molar-refractivity contribution in [3.05, 3.63) is 29.8 Å². The minimum Gasteiger partial charge on any atom is -0.497 e. The van der Waals surface area contributed by atoms with Crippen LogP contribution in [-0.4, -0.2) is 25.4 Å². The fourth-order valence-corrected chi connectivity index (χ4v) is 1.30. The zero-order chi connectivity index (χ0) is 13.4. The minimum absolute atomic E-state index is 0. The fourth-order valence-electron chi connectivity index (χ4n) is 1.30. The minimum atomic E-state index is -0.396. The molecule has 0 bridgehead atoms. The highest BCUT2D eigenvalue weighted by Crippen LogP contribution is 2.12. The van der Waals surface area contributed by atoms with Crippen LogP contribution in [0.25, 0.3) is 0 Å². The molecule has 0 unspecified atom stereocenters. The molecule has 0 radical (unpaired) electrons. The van der Waals surface area contributed by atoms with E-state index in [1.807, 2.05) is 12.1 Å². The van der Waals surface area contributed by atoms with Gasteiger partial charge < -0.3 is 15.2 Å². The highest BCUT2D eigenvalue weighted by atomic mass is 35.5. The van der Waals surface area contributed by atoms with Gasteiger partial charge in [0.2, 0.25) is 0 Å². The van der Waals surface area contributed by atoms with Gasteiger partial charge in [0.05, 0.1) is 20.1 Å². The number of ketones is 1. The van der Waals surface area contributed by atoms with Gasteiger partial charge >= 0.3 is 5.97 Å². The van der Waals surface area contributed by atoms with Crippen molar-refractivity contribution in [2.45, 2.75) is 19.4 Å². The normalized spacial score (nSPS) is 9.37. The summed E-state index contributed by atoms with van der Waals surface area (Å²) < 4.78 is 10.0. The Kier molecular flexibility index (Phi) is 8.57. The Bertz CT molecular complexity index is 406. The topological polar surface area (TPSA) is 78.6 Å². The van der Waals surface area contributed by atoms with E-state index in [0.29, 0.717) is 0 Å². The summed E-state index contributed by atoms with van der Waals surface area (Å²) in [4.78, 5) is 22.2. The first-order chi connectivity index (χ1) is 8.65. The van der Waals surface area contributed by atoms with Gasteiger partial charge in [-0.2, -0.15) is 0 Å². The van der Waals surface area contributed by atoms with Gasteiger partial charge in [-0.25, -0.2) is 0 Å². The SMILES string of the molecule is COc1ccc(COC(=O)CCC(=O)CN)cc1.Cl. The predicted molar refractivity (Wildman–Crippen MR) is 73.3 cm³/mol. The molecule has 0 fully saturated rings. The smallest absolute Gasteiger partial charge is 0.306 e. The number of hydrogen-bond donors (Lipinski definition) is 1. The van der Waals surface area contributed by atoms with Gasteiger partial charge in [-0.15, -0.1) is 12.4 Å². The molecule has 1 rings (SSSR count). The molecule has 19 heavy (non-hydrogen) atoms. The molecule has 0 aliphatic carbocycles. The highest BCUT2D eigenvalue weighted by molar-refractivity contribution is 5.85. The van der Waals surface area contributed by atoms with Crippen molar-refractivity contribution in [3.63, 3.8) is 0 Å². The quantitative estimate of drug-likeness (QED) is 0.768. The lowest BCUT2D eigenvalue weighted by Gasteiger charge is -2.05. The summed E-state index contributed by atoms with van der Waals surface area (Å²) in [5, 5.41) is 0. The Morgan fingerprint density at radius 3 is 2.32 bits per heavy atom. The number of methoxy groups -OCH3 is 1. The maximum atomic E-state index is 11.3. The predicted octanol–water partition coefficient (Wildman–Crippen LogP) is 1.47. The number of nitrogens with two attached hydrogens (primary N) is 1. The van der Waals surface area contributed by atoms with Crippen molar-refractivity contribution >= 4 is 24.2 Å². The largest absolute Gasteiger partial charge is 0.497 e. The number of rotatable bonds is 7. The Balaban J connectivity index is 0.00000324. The van der Waals surface area contributed by atoms with Crippen molar-refractivity contribution in [2.75, 3.05) is 13.7 Å². The van der Waals surface area contributed by atoms with Crippen molar-refractivity contribution < 1.29 is 19.1 Å². The molecule has 1 aromatic rings. The average Bonchev–Trinajstić information content (AvgIpc) is 2.42. The number of hydrogen-bond acceptors (Lipinski definition) is 5. The number of ether oxygens (including phenoxy) is 2. The lowest BCUT2D eigenvalue weighted by atomic mass is 10.2. The maximum absolute atomic E-state index is 11.3. The number of carbonyl (C=O) groups is 2. The Morgan fingerprint density at radius 2 is 1.79 bits per heavy atom. The molecule has 0 atom stereocenters. The Morgan fingerprint density at radius 1 is 1.16 bits per heavy atom. The highest BCUT2D eigenvalue weighted by Gasteiger charge is 2.07. The summed E-state index contributed by atoms with van der Waals surface area (Å²) >= 11 is 0. The summed E-state index contributed by atoms with van der Waals surface area (Å²) in [7, 11) is 1.59.